The van der Waals surface area contributed by atoms with Crippen LogP contribution in [0, 0.1) is 17.1 Å². The van der Waals surface area contributed by atoms with Crippen LogP contribution in [0.3, 0.4) is 0 Å². The lowest BCUT2D eigenvalue weighted by atomic mass is 10.1. The number of hydrogen-bond acceptors (Lipinski definition) is 12. The highest BCUT2D eigenvalue weighted by Gasteiger charge is 2.32. The molecule has 0 aliphatic heterocycles. The zero-order valence-corrected chi connectivity index (χ0v) is 40.6. The van der Waals surface area contributed by atoms with Crippen LogP contribution in [0.2, 0.25) is 0 Å². The molecule has 7 heterocycles. The first kappa shape index (κ1) is 48.2. The van der Waals surface area contributed by atoms with E-state index in [-0.39, 0.29) is 40.5 Å². The Kier molecular flexibility index (Phi) is 13.5. The lowest BCUT2D eigenvalue weighted by Gasteiger charge is -2.34. The number of hydrazine groups is 1. The van der Waals surface area contributed by atoms with Gasteiger partial charge in [0.05, 0.1) is 64.1 Å². The molecule has 7 aromatic heterocycles. The summed E-state index contributed by atoms with van der Waals surface area (Å²) in [4.78, 5) is 44.1. The highest BCUT2D eigenvalue weighted by atomic mass is 19.1. The predicted molar refractivity (Wildman–Crippen MR) is 277 cm³/mol. The average Bonchev–Trinajstić information content (AvgIpc) is 4.29. The molecular weight excluding hydrogens is 956 g/mol. The van der Waals surface area contributed by atoms with Gasteiger partial charge < -0.3 is 9.47 Å². The minimum atomic E-state index is -0.798. The highest BCUT2D eigenvalue weighted by molar-refractivity contribution is 6.13. The zero-order valence-electron chi connectivity index (χ0n) is 40.6. The van der Waals surface area contributed by atoms with E-state index in [4.69, 9.17) is 19.7 Å². The second kappa shape index (κ2) is 21.1. The molecule has 75 heavy (non-hydrogen) atoms. The molecule has 0 saturated carbocycles. The molecule has 0 saturated heterocycles. The number of hydrogen-bond donors (Lipinski definition) is 4. The third-order valence-corrected chi connectivity index (χ3v) is 11.6. The lowest BCUT2D eigenvalue weighted by molar-refractivity contribution is 0.248. The van der Waals surface area contributed by atoms with E-state index in [9.17, 15) is 9.65 Å². The van der Waals surface area contributed by atoms with Gasteiger partial charge in [-0.25, -0.2) is 28.3 Å². The van der Waals surface area contributed by atoms with Crippen molar-refractivity contribution in [2.24, 2.45) is 0 Å². The number of ether oxygens (including phenoxy) is 2. The molecule has 0 aliphatic rings. The van der Waals surface area contributed by atoms with Crippen LogP contribution in [-0.4, -0.2) is 67.0 Å². The summed E-state index contributed by atoms with van der Waals surface area (Å²) in [6, 6.07) is 32.9. The monoisotopic (exact) mass is 1000 g/mol. The van der Waals surface area contributed by atoms with Gasteiger partial charge in [0.15, 0.2) is 0 Å². The van der Waals surface area contributed by atoms with Gasteiger partial charge in [-0.1, -0.05) is 27.7 Å². The van der Waals surface area contributed by atoms with Crippen molar-refractivity contribution in [3.05, 3.63) is 188 Å². The summed E-state index contributed by atoms with van der Waals surface area (Å²) in [7, 11) is 0. The van der Waals surface area contributed by atoms with Gasteiger partial charge in [-0.05, 0) is 109 Å². The standard InChI is InChI=1S/C54H45FN16O4/c1-33(2)47-25-51(68(66-47)39-8-5-37(55)6-9-39)64-53(72)70(40-11-15-43(16-12-40)74-45-19-21-57-49(23-45)35-28-60-61-29-35)71(41-13-17-44(18-14-41)75-46-20-22-58-50(24-46)36-30-62-63-31-36)54(73)65-52-26-48(34(3)4)67-69(52)42-10-7-38(27-56)59-32-42/h5-26,28-34H,1-4H3,(H,60,61)(H,62,63)(H,64,72)(H,65,73). The minimum Gasteiger partial charge on any atom is -0.457 e. The summed E-state index contributed by atoms with van der Waals surface area (Å²) in [5.74, 6) is 1.67. The molecule has 0 aliphatic carbocycles. The summed E-state index contributed by atoms with van der Waals surface area (Å²) < 4.78 is 29.8. The number of nitrogens with one attached hydrogen (secondary N) is 4. The fourth-order valence-electron chi connectivity index (χ4n) is 7.70. The summed E-state index contributed by atoms with van der Waals surface area (Å²) in [5, 5.41) is 41.1. The number of nitriles is 1. The number of rotatable bonds is 14. The Balaban J connectivity index is 1.07. The number of amides is 4. The van der Waals surface area contributed by atoms with Crippen LogP contribution in [0.25, 0.3) is 33.9 Å². The van der Waals surface area contributed by atoms with E-state index >= 15 is 9.59 Å². The van der Waals surface area contributed by atoms with Gasteiger partial charge in [0.2, 0.25) is 0 Å². The topological polar surface area (TPSA) is 239 Å². The van der Waals surface area contributed by atoms with Gasteiger partial charge in [-0.3, -0.25) is 30.8 Å². The van der Waals surface area contributed by atoms with E-state index in [2.05, 4.69) is 46.0 Å². The number of aromatic amines is 2. The first-order chi connectivity index (χ1) is 36.5. The number of pyridine rings is 3. The van der Waals surface area contributed by atoms with Crippen molar-refractivity contribution in [3.63, 3.8) is 0 Å². The number of H-pyrrole nitrogens is 2. The molecular formula is C54H45FN16O4. The summed E-state index contributed by atoms with van der Waals surface area (Å²) in [6.07, 6.45) is 11.5. The van der Waals surface area contributed by atoms with Crippen molar-refractivity contribution >= 4 is 35.1 Å². The van der Waals surface area contributed by atoms with Gasteiger partial charge in [-0.2, -0.15) is 35.7 Å². The van der Waals surface area contributed by atoms with Crippen molar-refractivity contribution in [1.82, 2.24) is 54.9 Å². The van der Waals surface area contributed by atoms with Crippen LogP contribution in [-0.2, 0) is 0 Å². The van der Waals surface area contributed by atoms with Gasteiger partial charge in [-0.15, -0.1) is 0 Å². The molecule has 0 unspecified atom stereocenters. The highest BCUT2D eigenvalue weighted by Crippen LogP contribution is 2.34. The number of aromatic nitrogens is 11. The van der Waals surface area contributed by atoms with E-state index in [0.717, 1.165) is 11.1 Å². The molecule has 20 nitrogen and oxygen atoms in total. The molecule has 0 atom stereocenters. The maximum Gasteiger partial charge on any atom is 0.347 e. The lowest BCUT2D eigenvalue weighted by Crippen LogP contribution is -2.54. The fourth-order valence-corrected chi connectivity index (χ4v) is 7.70. The number of nitrogens with zero attached hydrogens (tertiary/aromatic N) is 12. The van der Waals surface area contributed by atoms with Crippen LogP contribution >= 0.6 is 0 Å². The normalized spacial score (nSPS) is 11.1. The molecule has 4 amide bonds. The fraction of sp³-hybridized carbons (Fsp3) is 0.111. The number of carbonyl (C=O) groups excluding carboxylic acids is 2. The Morgan fingerprint density at radius 1 is 0.587 bits per heavy atom. The van der Waals surface area contributed by atoms with E-state index in [1.807, 2.05) is 33.8 Å². The zero-order chi connectivity index (χ0) is 52.0. The molecule has 0 radical (unpaired) electrons. The molecule has 21 heteroatoms. The predicted octanol–water partition coefficient (Wildman–Crippen LogP) is 11.6. The summed E-state index contributed by atoms with van der Waals surface area (Å²) in [5.41, 5.74) is 5.66. The third kappa shape index (κ3) is 10.7. The SMILES string of the molecule is CC(C)c1cc(NC(=O)N(c2ccc(Oc3ccnc(-c4cn[nH]c4)c3)cc2)N(C(=O)Nc2cc(C(C)C)nn2-c2ccc(C#N)nc2)c2ccc(Oc3ccnc(-c4cn[nH]c4)c3)cc2)n(-c2ccc(F)cc2)n1. The molecule has 10 aromatic rings. The third-order valence-electron chi connectivity index (χ3n) is 11.6. The molecule has 0 fully saturated rings. The smallest absolute Gasteiger partial charge is 0.347 e. The van der Waals surface area contributed by atoms with Gasteiger partial charge in [0.1, 0.15) is 52.2 Å². The number of benzene rings is 3. The number of anilines is 4. The van der Waals surface area contributed by atoms with Crippen molar-refractivity contribution in [2.45, 2.75) is 39.5 Å². The Labute approximate surface area is 428 Å². The van der Waals surface area contributed by atoms with E-state index in [1.165, 1.54) is 37.7 Å². The van der Waals surface area contributed by atoms with Gasteiger partial charge in [0.25, 0.3) is 0 Å². The van der Waals surface area contributed by atoms with Gasteiger partial charge >= 0.3 is 12.1 Å². The second-order valence-electron chi connectivity index (χ2n) is 17.4. The largest absolute Gasteiger partial charge is 0.457 e. The van der Waals surface area contributed by atoms with Crippen LogP contribution in [0.15, 0.2) is 165 Å². The Morgan fingerprint density at radius 2 is 1.05 bits per heavy atom. The van der Waals surface area contributed by atoms with Gasteiger partial charge in [0, 0.05) is 60.2 Å². The first-order valence-electron chi connectivity index (χ1n) is 23.5. The van der Waals surface area contributed by atoms with Crippen LogP contribution in [0.4, 0.5) is 37.0 Å². The Morgan fingerprint density at radius 3 is 1.47 bits per heavy atom. The Bertz CT molecular complexity index is 3630. The van der Waals surface area contributed by atoms with E-state index in [0.29, 0.717) is 57.1 Å². The molecule has 10 rings (SSSR count). The minimum absolute atomic E-state index is 0.0675. The first-order valence-corrected chi connectivity index (χ1v) is 23.5. The second-order valence-corrected chi connectivity index (χ2v) is 17.4. The van der Waals surface area contributed by atoms with Crippen molar-refractivity contribution in [1.29, 1.82) is 5.26 Å². The molecule has 0 spiro atoms. The summed E-state index contributed by atoms with van der Waals surface area (Å²) >= 11 is 0. The number of halogens is 1. The maximum atomic E-state index is 15.5. The molecule has 4 N–H and O–H groups in total. The molecule has 3 aromatic carbocycles. The average molecular weight is 1000 g/mol. The van der Waals surface area contributed by atoms with Crippen LogP contribution in [0.5, 0.6) is 23.0 Å². The van der Waals surface area contributed by atoms with Crippen LogP contribution < -0.4 is 30.1 Å². The number of urea groups is 2. The molecule has 372 valence electrons. The van der Waals surface area contributed by atoms with E-state index < -0.39 is 17.9 Å². The summed E-state index contributed by atoms with van der Waals surface area (Å²) in [6.45, 7) is 7.84. The molecule has 0 bridgehead atoms. The van der Waals surface area contributed by atoms with Crippen molar-refractivity contribution < 1.29 is 23.5 Å². The Hall–Kier alpha value is -10.5. The van der Waals surface area contributed by atoms with Crippen LogP contribution in [0.1, 0.15) is 56.6 Å². The maximum absolute atomic E-state index is 15.5. The number of carbonyl (C=O) groups is 2. The van der Waals surface area contributed by atoms with E-state index in [1.54, 1.807) is 146 Å². The van der Waals surface area contributed by atoms with Crippen molar-refractivity contribution in [2.75, 3.05) is 20.7 Å². The van der Waals surface area contributed by atoms with Crippen molar-refractivity contribution in [3.8, 4) is 63.0 Å². The quantitative estimate of drug-likeness (QED) is 0.0744.